The third-order valence-electron chi connectivity index (χ3n) is 4.37. The summed E-state index contributed by atoms with van der Waals surface area (Å²) in [4.78, 5) is 17.1. The number of hydrogen-bond donors (Lipinski definition) is 2. The summed E-state index contributed by atoms with van der Waals surface area (Å²) in [6.07, 6.45) is 3.72. The number of hydroxylamine groups is 2. The second-order valence-corrected chi connectivity index (χ2v) is 7.11. The van der Waals surface area contributed by atoms with Crippen molar-refractivity contribution in [3.63, 3.8) is 0 Å². The van der Waals surface area contributed by atoms with Crippen molar-refractivity contribution in [3.8, 4) is 0 Å². The van der Waals surface area contributed by atoms with Crippen LogP contribution in [0.15, 0.2) is 35.4 Å². The van der Waals surface area contributed by atoms with E-state index < -0.39 is 0 Å². The maximum absolute atomic E-state index is 11.0. The molecule has 0 aromatic heterocycles. The maximum atomic E-state index is 11.0. The van der Waals surface area contributed by atoms with Crippen LogP contribution in [0.4, 0.5) is 0 Å². The van der Waals surface area contributed by atoms with Crippen molar-refractivity contribution in [1.29, 1.82) is 0 Å². The summed E-state index contributed by atoms with van der Waals surface area (Å²) in [5.74, 6) is 0.263. The van der Waals surface area contributed by atoms with Crippen LogP contribution in [0.3, 0.4) is 0 Å². The summed E-state index contributed by atoms with van der Waals surface area (Å²) in [5, 5.41) is 15.6. The van der Waals surface area contributed by atoms with E-state index in [1.165, 1.54) is 6.92 Å². The summed E-state index contributed by atoms with van der Waals surface area (Å²) in [6, 6.07) is 10.2. The van der Waals surface area contributed by atoms with Crippen LogP contribution in [0.1, 0.15) is 45.6 Å². The van der Waals surface area contributed by atoms with Crippen molar-refractivity contribution < 1.29 is 14.7 Å². The van der Waals surface area contributed by atoms with E-state index in [4.69, 9.17) is 4.84 Å². The highest BCUT2D eigenvalue weighted by Crippen LogP contribution is 2.40. The molecule has 0 saturated carbocycles. The van der Waals surface area contributed by atoms with Crippen LogP contribution in [0.2, 0.25) is 0 Å². The van der Waals surface area contributed by atoms with Gasteiger partial charge in [0.2, 0.25) is 5.91 Å². The van der Waals surface area contributed by atoms with E-state index in [9.17, 15) is 9.90 Å². The Balaban J connectivity index is 2.20. The molecular formula is C19H29N3O3. The molecule has 6 heteroatoms. The van der Waals surface area contributed by atoms with Gasteiger partial charge in [-0.05, 0) is 24.3 Å². The molecule has 25 heavy (non-hydrogen) atoms. The SMILES string of the molecule is CC(=O)NN=CC1CC(CCO)(CC(C)C)N(Cc2ccccc2)O1. The molecule has 0 bridgehead atoms. The largest absolute Gasteiger partial charge is 0.396 e. The van der Waals surface area contributed by atoms with Gasteiger partial charge in [0.1, 0.15) is 6.10 Å². The minimum absolute atomic E-state index is 0.108. The van der Waals surface area contributed by atoms with E-state index >= 15 is 0 Å². The van der Waals surface area contributed by atoms with Crippen LogP contribution in [0.5, 0.6) is 0 Å². The highest BCUT2D eigenvalue weighted by Gasteiger charge is 2.46. The van der Waals surface area contributed by atoms with E-state index in [1.807, 2.05) is 23.3 Å². The number of benzene rings is 1. The Kier molecular flexibility index (Phi) is 7.11. The molecule has 1 saturated heterocycles. The van der Waals surface area contributed by atoms with E-state index in [1.54, 1.807) is 6.21 Å². The van der Waals surface area contributed by atoms with Crippen molar-refractivity contribution in [2.24, 2.45) is 11.0 Å². The average molecular weight is 347 g/mol. The van der Waals surface area contributed by atoms with Gasteiger partial charge in [0, 0.05) is 26.5 Å². The third kappa shape index (κ3) is 5.63. The normalized spacial score (nSPS) is 24.3. The molecule has 138 valence electrons. The number of rotatable bonds is 8. The van der Waals surface area contributed by atoms with Gasteiger partial charge in [-0.15, -0.1) is 0 Å². The standard InChI is InChI=1S/C19H29N3O3/c1-15(2)11-19(9-10-23)12-18(13-20-21-16(3)24)25-22(19)14-17-7-5-4-6-8-17/h4-8,13,15,18,23H,9-12,14H2,1-3H3,(H,21,24). The summed E-state index contributed by atoms with van der Waals surface area (Å²) < 4.78 is 0. The second-order valence-electron chi connectivity index (χ2n) is 7.11. The van der Waals surface area contributed by atoms with Crippen molar-refractivity contribution >= 4 is 12.1 Å². The van der Waals surface area contributed by atoms with Gasteiger partial charge in [-0.3, -0.25) is 9.63 Å². The lowest BCUT2D eigenvalue weighted by Crippen LogP contribution is -2.44. The molecule has 2 unspecified atom stereocenters. The summed E-state index contributed by atoms with van der Waals surface area (Å²) in [6.45, 7) is 6.54. The van der Waals surface area contributed by atoms with Gasteiger partial charge in [-0.1, -0.05) is 44.2 Å². The number of aliphatic hydroxyl groups excluding tert-OH is 1. The number of hydrogen-bond acceptors (Lipinski definition) is 5. The Morgan fingerprint density at radius 1 is 1.48 bits per heavy atom. The van der Waals surface area contributed by atoms with Crippen LogP contribution < -0.4 is 5.43 Å². The monoisotopic (exact) mass is 347 g/mol. The summed E-state index contributed by atoms with van der Waals surface area (Å²) in [5.41, 5.74) is 3.34. The fourth-order valence-corrected chi connectivity index (χ4v) is 3.52. The number of carbonyl (C=O) groups is 1. The fourth-order valence-electron chi connectivity index (χ4n) is 3.52. The van der Waals surface area contributed by atoms with Gasteiger partial charge in [0.15, 0.2) is 0 Å². The quantitative estimate of drug-likeness (QED) is 0.560. The highest BCUT2D eigenvalue weighted by molar-refractivity contribution is 5.74. The first-order chi connectivity index (χ1) is 11.9. The fraction of sp³-hybridized carbons (Fsp3) is 0.579. The van der Waals surface area contributed by atoms with Crippen molar-refractivity contribution in [3.05, 3.63) is 35.9 Å². The average Bonchev–Trinajstić information content (AvgIpc) is 2.85. The van der Waals surface area contributed by atoms with Gasteiger partial charge in [0.25, 0.3) is 0 Å². The van der Waals surface area contributed by atoms with Gasteiger partial charge < -0.3 is 5.11 Å². The van der Waals surface area contributed by atoms with Crippen molar-refractivity contribution in [1.82, 2.24) is 10.5 Å². The molecule has 0 radical (unpaired) electrons. The zero-order chi connectivity index (χ0) is 18.3. The molecule has 1 fully saturated rings. The zero-order valence-corrected chi connectivity index (χ0v) is 15.3. The van der Waals surface area contributed by atoms with E-state index in [-0.39, 0.29) is 24.2 Å². The molecule has 1 amide bonds. The lowest BCUT2D eigenvalue weighted by atomic mass is 9.82. The van der Waals surface area contributed by atoms with Crippen LogP contribution in [0.25, 0.3) is 0 Å². The van der Waals surface area contributed by atoms with Gasteiger partial charge in [-0.25, -0.2) is 5.43 Å². The topological polar surface area (TPSA) is 74.2 Å². The summed E-state index contributed by atoms with van der Waals surface area (Å²) in [7, 11) is 0. The van der Waals surface area contributed by atoms with E-state index in [2.05, 4.69) is 36.5 Å². The Hall–Kier alpha value is -1.76. The Morgan fingerprint density at radius 3 is 2.80 bits per heavy atom. The molecule has 1 aliphatic rings. The van der Waals surface area contributed by atoms with Crippen LogP contribution >= 0.6 is 0 Å². The number of nitrogens with zero attached hydrogens (tertiary/aromatic N) is 2. The number of hydrazone groups is 1. The third-order valence-corrected chi connectivity index (χ3v) is 4.37. The molecule has 1 aromatic carbocycles. The zero-order valence-electron chi connectivity index (χ0n) is 15.3. The molecule has 0 aliphatic carbocycles. The lowest BCUT2D eigenvalue weighted by molar-refractivity contribution is -0.189. The van der Waals surface area contributed by atoms with Crippen molar-refractivity contribution in [2.75, 3.05) is 6.61 Å². The Labute approximate surface area is 149 Å². The molecule has 0 spiro atoms. The molecule has 1 aliphatic heterocycles. The molecule has 2 N–H and O–H groups in total. The molecular weight excluding hydrogens is 318 g/mol. The minimum Gasteiger partial charge on any atom is -0.396 e. The van der Waals surface area contributed by atoms with Crippen LogP contribution in [-0.4, -0.2) is 40.5 Å². The number of nitrogens with one attached hydrogen (secondary N) is 1. The first kappa shape index (κ1) is 19.6. The Morgan fingerprint density at radius 2 is 2.20 bits per heavy atom. The number of carbonyl (C=O) groups excluding carboxylic acids is 1. The smallest absolute Gasteiger partial charge is 0.236 e. The maximum Gasteiger partial charge on any atom is 0.236 e. The lowest BCUT2D eigenvalue weighted by Gasteiger charge is -2.37. The van der Waals surface area contributed by atoms with Gasteiger partial charge >= 0.3 is 0 Å². The van der Waals surface area contributed by atoms with Crippen LogP contribution in [0, 0.1) is 5.92 Å². The predicted molar refractivity (Wildman–Crippen MR) is 97.7 cm³/mol. The Bertz CT molecular complexity index is 577. The molecule has 2 atom stereocenters. The van der Waals surface area contributed by atoms with Gasteiger partial charge in [0.05, 0.1) is 11.8 Å². The summed E-state index contributed by atoms with van der Waals surface area (Å²) >= 11 is 0. The first-order valence-electron chi connectivity index (χ1n) is 8.84. The molecule has 1 heterocycles. The van der Waals surface area contributed by atoms with E-state index in [0.29, 0.717) is 18.9 Å². The van der Waals surface area contributed by atoms with Gasteiger partial charge in [-0.2, -0.15) is 10.2 Å². The highest BCUT2D eigenvalue weighted by atomic mass is 16.7. The second kappa shape index (κ2) is 9.08. The predicted octanol–water partition coefficient (Wildman–Crippen LogP) is 2.48. The van der Waals surface area contributed by atoms with E-state index in [0.717, 1.165) is 18.4 Å². The molecule has 6 nitrogen and oxygen atoms in total. The number of amides is 1. The molecule has 1 aromatic rings. The van der Waals surface area contributed by atoms with Crippen molar-refractivity contribution in [2.45, 2.75) is 58.2 Å². The minimum atomic E-state index is -0.244. The van der Waals surface area contributed by atoms with Crippen LogP contribution in [-0.2, 0) is 16.2 Å². The molecule has 2 rings (SSSR count). The number of aliphatic hydroxyl groups is 1. The first-order valence-corrected chi connectivity index (χ1v) is 8.84.